The summed E-state index contributed by atoms with van der Waals surface area (Å²) >= 11 is 0. The quantitative estimate of drug-likeness (QED) is 0.459. The van der Waals surface area contributed by atoms with Crippen molar-refractivity contribution in [1.82, 2.24) is 0 Å². The standard InChI is InChI=1S/C14H16N2O6S2/c15-11-5-3-9(7-13(11)23(17,18)19)1-2-10-4-6-12(16)14(8-10)24(20,21)22/h1-7,10,14,16H,8,15H2,(H,17,18,19)(H,20,21,22). The van der Waals surface area contributed by atoms with Crippen LogP contribution in [0.1, 0.15) is 12.0 Å². The second-order valence-electron chi connectivity index (χ2n) is 5.35. The summed E-state index contributed by atoms with van der Waals surface area (Å²) in [4.78, 5) is -0.415. The van der Waals surface area contributed by atoms with E-state index in [0.717, 1.165) is 0 Å². The second kappa shape index (κ2) is 6.48. The van der Waals surface area contributed by atoms with Crippen molar-refractivity contribution in [2.45, 2.75) is 16.6 Å². The number of rotatable bonds is 4. The van der Waals surface area contributed by atoms with Crippen molar-refractivity contribution in [1.29, 1.82) is 5.41 Å². The van der Waals surface area contributed by atoms with Crippen LogP contribution in [-0.4, -0.2) is 36.9 Å². The molecule has 24 heavy (non-hydrogen) atoms. The van der Waals surface area contributed by atoms with E-state index in [4.69, 9.17) is 20.2 Å². The van der Waals surface area contributed by atoms with Crippen LogP contribution in [0.15, 0.2) is 41.3 Å². The van der Waals surface area contributed by atoms with Gasteiger partial charge in [-0.2, -0.15) is 16.8 Å². The number of hydrogen-bond acceptors (Lipinski definition) is 6. The fraction of sp³-hybridized carbons (Fsp3) is 0.214. The summed E-state index contributed by atoms with van der Waals surface area (Å²) in [5, 5.41) is 6.26. The Bertz CT molecular complexity index is 932. The first kappa shape index (κ1) is 18.3. The fourth-order valence-electron chi connectivity index (χ4n) is 2.32. The van der Waals surface area contributed by atoms with Gasteiger partial charge in [-0.3, -0.25) is 9.11 Å². The molecule has 5 N–H and O–H groups in total. The first-order valence-electron chi connectivity index (χ1n) is 6.76. The Morgan fingerprint density at radius 1 is 1.21 bits per heavy atom. The van der Waals surface area contributed by atoms with E-state index in [-0.39, 0.29) is 23.7 Å². The molecule has 1 aliphatic rings. The molecule has 0 amide bonds. The summed E-state index contributed by atoms with van der Waals surface area (Å²) < 4.78 is 63.2. The molecule has 8 nitrogen and oxygen atoms in total. The minimum Gasteiger partial charge on any atom is -0.398 e. The van der Waals surface area contributed by atoms with E-state index in [0.29, 0.717) is 5.56 Å². The van der Waals surface area contributed by atoms with Gasteiger partial charge in [0.1, 0.15) is 10.1 Å². The van der Waals surface area contributed by atoms with Crippen LogP contribution >= 0.6 is 0 Å². The maximum Gasteiger partial charge on any atom is 0.296 e. The minimum atomic E-state index is -4.45. The molecule has 0 spiro atoms. The van der Waals surface area contributed by atoms with Gasteiger partial charge in [0.2, 0.25) is 0 Å². The smallest absolute Gasteiger partial charge is 0.296 e. The number of nitrogen functional groups attached to an aromatic ring is 1. The molecule has 1 aromatic rings. The average molecular weight is 372 g/mol. The summed E-state index contributed by atoms with van der Waals surface area (Å²) in [5.41, 5.74) is 5.66. The van der Waals surface area contributed by atoms with Gasteiger partial charge in [-0.25, -0.2) is 0 Å². The Labute approximate surface area is 139 Å². The molecule has 0 heterocycles. The van der Waals surface area contributed by atoms with Crippen LogP contribution in [0.5, 0.6) is 0 Å². The Morgan fingerprint density at radius 3 is 2.46 bits per heavy atom. The lowest BCUT2D eigenvalue weighted by Gasteiger charge is -2.21. The van der Waals surface area contributed by atoms with Gasteiger partial charge in [0.15, 0.2) is 0 Å². The van der Waals surface area contributed by atoms with Crippen molar-refractivity contribution >= 4 is 37.7 Å². The minimum absolute atomic E-state index is 0.00476. The van der Waals surface area contributed by atoms with Crippen LogP contribution in [0, 0.1) is 11.3 Å². The molecule has 0 saturated heterocycles. The van der Waals surface area contributed by atoms with Crippen molar-refractivity contribution in [2.75, 3.05) is 5.73 Å². The van der Waals surface area contributed by atoms with E-state index in [1.54, 1.807) is 18.2 Å². The maximum absolute atomic E-state index is 11.3. The zero-order valence-corrected chi connectivity index (χ0v) is 14.0. The molecule has 2 unspecified atom stereocenters. The normalized spacial score (nSPS) is 22.2. The van der Waals surface area contributed by atoms with E-state index in [2.05, 4.69) is 0 Å². The number of allylic oxidation sites excluding steroid dienone is 3. The fourth-order valence-corrected chi connectivity index (χ4v) is 3.84. The zero-order chi connectivity index (χ0) is 18.1. The van der Waals surface area contributed by atoms with Crippen molar-refractivity contribution in [3.8, 4) is 0 Å². The van der Waals surface area contributed by atoms with Gasteiger partial charge < -0.3 is 11.1 Å². The molecule has 130 valence electrons. The molecule has 0 aliphatic heterocycles. The van der Waals surface area contributed by atoms with Crippen LogP contribution in [-0.2, 0) is 20.2 Å². The third-order valence-corrected chi connectivity index (χ3v) is 5.64. The molecular weight excluding hydrogens is 356 g/mol. The molecule has 0 bridgehead atoms. The van der Waals surface area contributed by atoms with Crippen molar-refractivity contribution in [3.63, 3.8) is 0 Å². The Balaban J connectivity index is 2.26. The summed E-state index contributed by atoms with van der Waals surface area (Å²) in [6.07, 6.45) is 6.08. The second-order valence-corrected chi connectivity index (χ2v) is 8.34. The summed E-state index contributed by atoms with van der Waals surface area (Å²) in [7, 11) is -8.81. The molecule has 10 heteroatoms. The molecule has 1 aromatic carbocycles. The van der Waals surface area contributed by atoms with Crippen molar-refractivity contribution < 1.29 is 25.9 Å². The van der Waals surface area contributed by atoms with Gasteiger partial charge >= 0.3 is 0 Å². The van der Waals surface area contributed by atoms with Crippen molar-refractivity contribution in [3.05, 3.63) is 42.0 Å². The lowest BCUT2D eigenvalue weighted by molar-refractivity contribution is 0.470. The predicted octanol–water partition coefficient (Wildman–Crippen LogP) is 1.38. The number of nitrogens with one attached hydrogen (secondary N) is 1. The number of anilines is 1. The SMILES string of the molecule is N=C1C=CC(C=Cc2ccc(N)c(S(=O)(=O)O)c2)CC1S(=O)(=O)O. The van der Waals surface area contributed by atoms with Crippen molar-refractivity contribution in [2.24, 2.45) is 5.92 Å². The van der Waals surface area contributed by atoms with Gasteiger partial charge in [0, 0.05) is 0 Å². The lowest BCUT2D eigenvalue weighted by Crippen LogP contribution is -2.32. The van der Waals surface area contributed by atoms with Gasteiger partial charge in [0.05, 0.1) is 11.4 Å². The van der Waals surface area contributed by atoms with E-state index in [1.807, 2.05) is 0 Å². The first-order chi connectivity index (χ1) is 11.0. The molecule has 1 aliphatic carbocycles. The molecule has 0 saturated carbocycles. The van der Waals surface area contributed by atoms with Crippen LogP contribution in [0.3, 0.4) is 0 Å². The molecule has 0 aromatic heterocycles. The third kappa shape index (κ3) is 4.29. The van der Waals surface area contributed by atoms with Gasteiger partial charge in [-0.15, -0.1) is 0 Å². The van der Waals surface area contributed by atoms with Crippen LogP contribution in [0.2, 0.25) is 0 Å². The largest absolute Gasteiger partial charge is 0.398 e. The van der Waals surface area contributed by atoms with Crippen LogP contribution in [0.25, 0.3) is 6.08 Å². The third-order valence-electron chi connectivity index (χ3n) is 3.57. The summed E-state index contributed by atoms with van der Waals surface area (Å²) in [6, 6.07) is 4.06. The highest BCUT2D eigenvalue weighted by molar-refractivity contribution is 7.87. The highest BCUT2D eigenvalue weighted by Gasteiger charge is 2.31. The molecule has 0 radical (unpaired) electrons. The lowest BCUT2D eigenvalue weighted by atomic mass is 9.93. The van der Waals surface area contributed by atoms with E-state index < -0.39 is 30.4 Å². The monoisotopic (exact) mass is 372 g/mol. The topological polar surface area (TPSA) is 159 Å². The van der Waals surface area contributed by atoms with E-state index >= 15 is 0 Å². The summed E-state index contributed by atoms with van der Waals surface area (Å²) in [5.74, 6) is -0.363. The zero-order valence-electron chi connectivity index (χ0n) is 12.3. The Hall–Kier alpha value is -2.01. The van der Waals surface area contributed by atoms with E-state index in [1.165, 1.54) is 24.3 Å². The number of hydrogen-bond donors (Lipinski definition) is 4. The Morgan fingerprint density at radius 2 is 1.88 bits per heavy atom. The maximum atomic E-state index is 11.3. The number of nitrogens with two attached hydrogens (primary N) is 1. The average Bonchev–Trinajstić information content (AvgIpc) is 2.45. The van der Waals surface area contributed by atoms with Gasteiger partial charge in [0.25, 0.3) is 20.2 Å². The van der Waals surface area contributed by atoms with Crippen LogP contribution < -0.4 is 5.73 Å². The molecular formula is C14H16N2O6S2. The van der Waals surface area contributed by atoms with Crippen LogP contribution in [0.4, 0.5) is 5.69 Å². The van der Waals surface area contributed by atoms with Gasteiger partial charge in [-0.05, 0) is 36.1 Å². The number of benzene rings is 1. The Kier molecular flexibility index (Phi) is 4.95. The highest BCUT2D eigenvalue weighted by atomic mass is 32.2. The molecule has 2 atom stereocenters. The van der Waals surface area contributed by atoms with Gasteiger partial charge in [-0.1, -0.05) is 24.3 Å². The first-order valence-corrected chi connectivity index (χ1v) is 9.71. The molecule has 2 rings (SSSR count). The van der Waals surface area contributed by atoms with E-state index in [9.17, 15) is 16.8 Å². The highest BCUT2D eigenvalue weighted by Crippen LogP contribution is 2.24. The summed E-state index contributed by atoms with van der Waals surface area (Å²) in [6.45, 7) is 0. The predicted molar refractivity (Wildman–Crippen MR) is 90.0 cm³/mol. The molecule has 0 fully saturated rings.